The van der Waals surface area contributed by atoms with Crippen molar-refractivity contribution in [2.24, 2.45) is 0 Å². The second-order valence-corrected chi connectivity index (χ2v) is 23.9. The Labute approximate surface area is 552 Å². The van der Waals surface area contributed by atoms with Gasteiger partial charge in [-0.1, -0.05) is 31.0 Å². The number of non-ortho nitro benzene ring substituents is 1. The van der Waals surface area contributed by atoms with Crippen LogP contribution in [0.1, 0.15) is 135 Å². The van der Waals surface area contributed by atoms with E-state index in [0.717, 1.165) is 82.8 Å². The Morgan fingerprint density at radius 1 is 0.705 bits per heavy atom. The normalized spacial score (nSPS) is 12.8. The maximum Gasteiger partial charge on any atom is 0.514 e. The van der Waals surface area contributed by atoms with E-state index in [2.05, 4.69) is 84.2 Å². The van der Waals surface area contributed by atoms with Gasteiger partial charge in [-0.2, -0.15) is 0 Å². The number of carbonyl (C=O) groups excluding carboxylic acids is 6. The molecule has 1 saturated heterocycles. The molecule has 0 saturated carbocycles. The van der Waals surface area contributed by atoms with Crippen molar-refractivity contribution in [3.05, 3.63) is 134 Å². The summed E-state index contributed by atoms with van der Waals surface area (Å²) in [6.07, 6.45) is 1.46. The number of benzene rings is 5. The lowest BCUT2D eigenvalue weighted by Gasteiger charge is -2.35. The monoisotopic (exact) mass is 1330 g/mol. The van der Waals surface area contributed by atoms with Gasteiger partial charge in [-0.15, -0.1) is 0 Å². The number of unbranched alkanes of at least 4 members (excludes halogenated alkanes) is 4. The fourth-order valence-electron chi connectivity index (χ4n) is 11.2. The van der Waals surface area contributed by atoms with Crippen LogP contribution in [0.2, 0.25) is 0 Å². The summed E-state index contributed by atoms with van der Waals surface area (Å²) in [5.41, 5.74) is 4.57. The van der Waals surface area contributed by atoms with Crippen molar-refractivity contribution in [3.8, 4) is 39.7 Å². The predicted molar refractivity (Wildman–Crippen MR) is 356 cm³/mol. The number of methoxy groups -OCH3 is 1. The number of nitrogens with one attached hydrogen (secondary N) is 2. The quantitative estimate of drug-likeness (QED) is 0.00579. The molecule has 2 heterocycles. The first kappa shape index (κ1) is 74.5. The molecule has 3 aliphatic rings. The van der Waals surface area contributed by atoms with Crippen LogP contribution in [-0.4, -0.2) is 153 Å². The summed E-state index contributed by atoms with van der Waals surface area (Å²) in [7, 11) is -3.42. The van der Waals surface area contributed by atoms with Gasteiger partial charge in [-0.3, -0.25) is 44.2 Å². The number of anilines is 1. The highest BCUT2D eigenvalue weighted by Crippen LogP contribution is 2.43. The Hall–Kier alpha value is -9.50. The lowest BCUT2D eigenvalue weighted by Crippen LogP contribution is -2.50. The van der Waals surface area contributed by atoms with E-state index in [1.807, 2.05) is 31.2 Å². The van der Waals surface area contributed by atoms with E-state index >= 15 is 0 Å². The van der Waals surface area contributed by atoms with Gasteiger partial charge < -0.3 is 53.3 Å². The molecule has 27 heteroatoms. The number of hydrogen-bond donors (Lipinski definition) is 2. The second kappa shape index (κ2) is 36.2. The van der Waals surface area contributed by atoms with E-state index in [-0.39, 0.29) is 77.8 Å². The SMILES string of the molecule is CCNC(=O)CCCCCCC(=O)C(CS(=O)(=O)[O-])NC(=O)CCCCC(=O)N1CCN(C(=O)c2ccccc2-c2c3ccc(=[N+](CC)CC)cc-3oc3cc(N(CC)CC)ccc23)CC1.CCOc1cc([N+](=O)[O-])c(C(C)OC(=O)Oc2ccc([N+](=O)[O-])cc2)cc1OC. The summed E-state index contributed by atoms with van der Waals surface area (Å²) in [5.74, 6) is -1.21. The van der Waals surface area contributed by atoms with Crippen LogP contribution in [0.25, 0.3) is 33.4 Å². The highest BCUT2D eigenvalue weighted by atomic mass is 32.2. The molecule has 2 atom stereocenters. The van der Waals surface area contributed by atoms with Crippen molar-refractivity contribution in [3.63, 3.8) is 0 Å². The number of fused-ring (bicyclic) bond motifs is 2. The van der Waals surface area contributed by atoms with Gasteiger partial charge in [-0.25, -0.2) is 17.8 Å². The number of amides is 4. The summed E-state index contributed by atoms with van der Waals surface area (Å²) >= 11 is 0. The molecule has 0 radical (unpaired) electrons. The standard InChI is InChI=1S/C50H68N6O9S.C18H18N2O9/c1-6-51-46(58)22-14-12-11-13-21-43(57)42(35-66(62,63)64)52-47(59)23-17-18-24-48(60)55-29-31-56(32-30-55)50(61)39-20-16-15-19-38(39)49-40-27-25-36(53(7-2)8-3)33-44(40)65-45-34-37(26-28-41(45)49)54(9-4)10-5;1-4-27-17-10-15(20(24)25)14(9-16(17)26-3)11(2)28-18(21)29-13-7-5-12(6-8-13)19(22)23/h15-16,19-20,25-28,33-34,42H,6-14,17-18,21-24,29-32,35H2,1-5H3,(H2-,51,52,58,59,62,63,64);5-11H,4H2,1-3H3. The highest BCUT2D eigenvalue weighted by molar-refractivity contribution is 7.85. The predicted octanol–water partition coefficient (Wildman–Crippen LogP) is 9.97. The molecule has 0 bridgehead atoms. The Kier molecular flexibility index (Phi) is 28.4. The van der Waals surface area contributed by atoms with Crippen LogP contribution in [0.4, 0.5) is 21.9 Å². The molecule has 2 aliphatic heterocycles. The molecule has 95 heavy (non-hydrogen) atoms. The Morgan fingerprint density at radius 3 is 1.97 bits per heavy atom. The van der Waals surface area contributed by atoms with Gasteiger partial charge in [0.05, 0.1) is 57.1 Å². The number of Topliss-reactive ketones (excluding diaryl/α,β-unsaturated/α-hetero) is 1. The number of hydrogen-bond acceptors (Lipinski definition) is 19. The van der Waals surface area contributed by atoms with Gasteiger partial charge in [0.2, 0.25) is 23.1 Å². The van der Waals surface area contributed by atoms with Crippen LogP contribution in [-0.2, 0) is 34.0 Å². The van der Waals surface area contributed by atoms with Crippen LogP contribution in [0, 0.1) is 20.2 Å². The average Bonchev–Trinajstić information content (AvgIpc) is 0.753. The van der Waals surface area contributed by atoms with Gasteiger partial charge in [0.1, 0.15) is 42.3 Å². The Morgan fingerprint density at radius 2 is 1.35 bits per heavy atom. The minimum absolute atomic E-state index is 0.00425. The third kappa shape index (κ3) is 21.3. The third-order valence-corrected chi connectivity index (χ3v) is 16.9. The molecule has 4 aromatic carbocycles. The molecule has 2 N–H and O–H groups in total. The molecule has 4 aromatic rings. The summed E-state index contributed by atoms with van der Waals surface area (Å²) in [5, 5.41) is 29.2. The van der Waals surface area contributed by atoms with Crippen LogP contribution >= 0.6 is 0 Å². The molecule has 26 nitrogen and oxygen atoms in total. The van der Waals surface area contributed by atoms with E-state index in [1.54, 1.807) is 16.7 Å². The fraction of sp³-hybridized carbons (Fsp3) is 0.456. The zero-order chi connectivity index (χ0) is 69.4. The highest BCUT2D eigenvalue weighted by Gasteiger charge is 2.31. The van der Waals surface area contributed by atoms with Gasteiger partial charge in [0, 0.05) is 124 Å². The molecular formula is C68H86N8O18S. The molecule has 1 aliphatic carbocycles. The summed E-state index contributed by atoms with van der Waals surface area (Å²) < 4.78 is 64.2. The zero-order valence-corrected chi connectivity index (χ0v) is 56.0. The number of piperazine rings is 1. The van der Waals surface area contributed by atoms with Gasteiger partial charge in [-0.05, 0) is 122 Å². The molecular weight excluding hydrogens is 1250 g/mol. The van der Waals surface area contributed by atoms with E-state index < -0.39 is 55.7 Å². The third-order valence-electron chi connectivity index (χ3n) is 16.2. The summed E-state index contributed by atoms with van der Waals surface area (Å²) in [4.78, 5) is 104. The first-order valence-electron chi connectivity index (χ1n) is 32.1. The molecule has 512 valence electrons. The largest absolute Gasteiger partial charge is 0.748 e. The minimum Gasteiger partial charge on any atom is -0.748 e. The van der Waals surface area contributed by atoms with E-state index in [4.69, 9.17) is 23.4 Å². The van der Waals surface area contributed by atoms with Gasteiger partial charge in [0.15, 0.2) is 17.3 Å². The van der Waals surface area contributed by atoms with Crippen LogP contribution < -0.4 is 39.7 Å². The first-order chi connectivity index (χ1) is 45.5. The van der Waals surface area contributed by atoms with Gasteiger partial charge >= 0.3 is 6.16 Å². The fourth-order valence-corrected chi connectivity index (χ4v) is 11.9. The summed E-state index contributed by atoms with van der Waals surface area (Å²) in [6, 6.07) is 26.1. The van der Waals surface area contributed by atoms with Crippen LogP contribution in [0.5, 0.6) is 17.2 Å². The van der Waals surface area contributed by atoms with Crippen molar-refractivity contribution in [2.75, 3.05) is 83.3 Å². The molecule has 1 fully saturated rings. The first-order valence-corrected chi connectivity index (χ1v) is 33.7. The molecule has 0 aromatic heterocycles. The van der Waals surface area contributed by atoms with Gasteiger partial charge in [0.25, 0.3) is 17.3 Å². The Bertz CT molecular complexity index is 3820. The van der Waals surface area contributed by atoms with Crippen LogP contribution in [0.3, 0.4) is 0 Å². The average molecular weight is 1340 g/mol. The maximum atomic E-state index is 14.4. The molecule has 7 rings (SSSR count). The van der Waals surface area contributed by atoms with E-state index in [1.165, 1.54) is 38.3 Å². The molecule has 2 unspecified atom stereocenters. The number of nitro groups is 2. The smallest absolute Gasteiger partial charge is 0.514 e. The second-order valence-electron chi connectivity index (χ2n) is 22.4. The lowest BCUT2D eigenvalue weighted by molar-refractivity contribution is -0.386. The number of rotatable bonds is 32. The van der Waals surface area contributed by atoms with Crippen molar-refractivity contribution in [1.82, 2.24) is 25.0 Å². The van der Waals surface area contributed by atoms with Crippen LogP contribution in [0.15, 0.2) is 101 Å². The number of ketones is 1. The lowest BCUT2D eigenvalue weighted by atomic mass is 9.90. The van der Waals surface area contributed by atoms with Crippen molar-refractivity contribution >= 4 is 73.7 Å². The van der Waals surface area contributed by atoms with Crippen molar-refractivity contribution in [2.45, 2.75) is 125 Å². The number of nitrogens with zero attached hydrogens (tertiary/aromatic N) is 6. The van der Waals surface area contributed by atoms with Crippen molar-refractivity contribution in [1.29, 1.82) is 0 Å². The van der Waals surface area contributed by atoms with E-state index in [9.17, 15) is 62.0 Å². The maximum absolute atomic E-state index is 14.4. The summed E-state index contributed by atoms with van der Waals surface area (Å²) in [6.45, 7) is 19.1. The number of carbonyl (C=O) groups is 6. The number of ether oxygens (including phenoxy) is 4. The Balaban J connectivity index is 0.000000410. The zero-order valence-electron chi connectivity index (χ0n) is 55.2. The molecule has 0 spiro atoms. The number of nitro benzene ring substituents is 2. The molecule has 4 amide bonds. The topological polar surface area (TPSA) is 333 Å². The van der Waals surface area contributed by atoms with E-state index in [0.29, 0.717) is 83.2 Å². The van der Waals surface area contributed by atoms with Crippen molar-refractivity contribution < 1.29 is 74.9 Å². The minimum atomic E-state index is -4.80.